The van der Waals surface area contributed by atoms with Crippen molar-refractivity contribution in [1.29, 1.82) is 0 Å². The van der Waals surface area contributed by atoms with Gasteiger partial charge in [0, 0.05) is 6.07 Å². The van der Waals surface area contributed by atoms with E-state index in [1.807, 2.05) is 0 Å². The Balaban J connectivity index is 1.83. The van der Waals surface area contributed by atoms with Crippen molar-refractivity contribution < 1.29 is 14.2 Å². The van der Waals surface area contributed by atoms with Gasteiger partial charge < -0.3 is 14.8 Å². The topological polar surface area (TPSA) is 75.2 Å². The molecule has 0 fully saturated rings. The molecule has 0 spiro atoms. The van der Waals surface area contributed by atoms with Crippen molar-refractivity contribution in [2.45, 2.75) is 13.2 Å². The van der Waals surface area contributed by atoms with Gasteiger partial charge in [-0.1, -0.05) is 0 Å². The molecule has 0 atom stereocenters. The highest BCUT2D eigenvalue weighted by molar-refractivity contribution is 7.17. The monoisotopic (exact) mass is 306 g/mol. The lowest BCUT2D eigenvalue weighted by Gasteiger charge is -2.07. The Morgan fingerprint density at radius 3 is 3.05 bits per heavy atom. The minimum atomic E-state index is -0.494. The highest BCUT2D eigenvalue weighted by Gasteiger charge is 2.07. The van der Waals surface area contributed by atoms with Gasteiger partial charge in [0.25, 0.3) is 5.56 Å². The molecule has 1 aromatic carbocycles. The summed E-state index contributed by atoms with van der Waals surface area (Å²) in [4.78, 5) is 18.7. The third kappa shape index (κ3) is 2.93. The molecule has 0 saturated heterocycles. The number of hydrogen-bond donors (Lipinski definition) is 2. The number of thiophene rings is 1. The third-order valence-corrected chi connectivity index (χ3v) is 3.76. The van der Waals surface area contributed by atoms with Crippen LogP contribution in [0.2, 0.25) is 0 Å². The molecule has 0 aliphatic rings. The fraction of sp³-hybridized carbons (Fsp3) is 0.143. The van der Waals surface area contributed by atoms with Crippen molar-refractivity contribution in [2.24, 2.45) is 0 Å². The van der Waals surface area contributed by atoms with Gasteiger partial charge in [0.2, 0.25) is 0 Å². The predicted molar refractivity (Wildman–Crippen MR) is 76.9 cm³/mol. The standard InChI is InChI=1S/C14H11FN2O3S/c15-9-3-8(6-18)4-10(5-9)20-7-12-16-11-1-2-21-13(11)14(19)17-12/h1-5,18H,6-7H2,(H,16,17,19). The zero-order chi connectivity index (χ0) is 14.8. The lowest BCUT2D eigenvalue weighted by atomic mass is 10.2. The van der Waals surface area contributed by atoms with E-state index in [1.165, 1.54) is 29.5 Å². The predicted octanol–water partition coefficient (Wildman–Crippen LogP) is 2.20. The Morgan fingerprint density at radius 2 is 2.24 bits per heavy atom. The second-order valence-corrected chi connectivity index (χ2v) is 5.31. The van der Waals surface area contributed by atoms with Crippen LogP contribution in [0.5, 0.6) is 5.75 Å². The van der Waals surface area contributed by atoms with Gasteiger partial charge in [-0.25, -0.2) is 9.37 Å². The molecule has 5 nitrogen and oxygen atoms in total. The van der Waals surface area contributed by atoms with Crippen molar-refractivity contribution in [2.75, 3.05) is 0 Å². The number of fused-ring (bicyclic) bond motifs is 1. The Kier molecular flexibility index (Phi) is 3.68. The van der Waals surface area contributed by atoms with E-state index < -0.39 is 5.82 Å². The minimum absolute atomic E-state index is 0.00927. The highest BCUT2D eigenvalue weighted by Crippen LogP contribution is 2.18. The van der Waals surface area contributed by atoms with Crippen LogP contribution in [0.4, 0.5) is 4.39 Å². The Hall–Kier alpha value is -2.25. The molecule has 0 bridgehead atoms. The fourth-order valence-electron chi connectivity index (χ4n) is 1.94. The van der Waals surface area contributed by atoms with Gasteiger partial charge in [-0.3, -0.25) is 4.79 Å². The molecule has 3 aromatic rings. The van der Waals surface area contributed by atoms with Crippen LogP contribution < -0.4 is 10.3 Å². The first kappa shape index (κ1) is 13.7. The lowest BCUT2D eigenvalue weighted by molar-refractivity contribution is 0.275. The number of H-pyrrole nitrogens is 1. The number of nitrogens with zero attached hydrogens (tertiary/aromatic N) is 1. The molecule has 0 unspecified atom stereocenters. The molecule has 3 rings (SSSR count). The summed E-state index contributed by atoms with van der Waals surface area (Å²) in [5.41, 5.74) is 0.807. The van der Waals surface area contributed by atoms with E-state index in [0.29, 0.717) is 21.6 Å². The molecule has 2 heterocycles. The van der Waals surface area contributed by atoms with Gasteiger partial charge in [0.1, 0.15) is 28.7 Å². The quantitative estimate of drug-likeness (QED) is 0.775. The van der Waals surface area contributed by atoms with Crippen LogP contribution in [0.15, 0.2) is 34.4 Å². The molecule has 0 aliphatic carbocycles. The first-order valence-electron chi connectivity index (χ1n) is 6.15. The maximum absolute atomic E-state index is 13.3. The smallest absolute Gasteiger partial charge is 0.268 e. The number of rotatable bonds is 4. The van der Waals surface area contributed by atoms with Crippen molar-refractivity contribution >= 4 is 21.6 Å². The number of halogens is 1. The number of aromatic amines is 1. The SMILES string of the molecule is O=c1[nH]c(COc2cc(F)cc(CO)c2)nc2ccsc12. The van der Waals surface area contributed by atoms with E-state index in [0.717, 1.165) is 0 Å². The molecular weight excluding hydrogens is 295 g/mol. The van der Waals surface area contributed by atoms with Gasteiger partial charge in [0.05, 0.1) is 12.1 Å². The van der Waals surface area contributed by atoms with Crippen LogP contribution in [0, 0.1) is 5.82 Å². The summed E-state index contributed by atoms with van der Waals surface area (Å²) in [6.07, 6.45) is 0. The molecule has 21 heavy (non-hydrogen) atoms. The Labute approximate surface area is 122 Å². The summed E-state index contributed by atoms with van der Waals surface area (Å²) in [5.74, 6) is 0.138. The first-order chi connectivity index (χ1) is 10.2. The van der Waals surface area contributed by atoms with Crippen molar-refractivity contribution in [3.63, 3.8) is 0 Å². The second kappa shape index (κ2) is 5.63. The van der Waals surface area contributed by atoms with E-state index in [1.54, 1.807) is 11.4 Å². The molecule has 0 saturated carbocycles. The van der Waals surface area contributed by atoms with E-state index in [9.17, 15) is 9.18 Å². The molecule has 108 valence electrons. The van der Waals surface area contributed by atoms with Crippen LogP contribution in [0.25, 0.3) is 10.2 Å². The van der Waals surface area contributed by atoms with E-state index >= 15 is 0 Å². The van der Waals surface area contributed by atoms with Crippen molar-refractivity contribution in [1.82, 2.24) is 9.97 Å². The number of ether oxygens (including phenoxy) is 1. The van der Waals surface area contributed by atoms with Crippen molar-refractivity contribution in [3.05, 3.63) is 57.2 Å². The first-order valence-corrected chi connectivity index (χ1v) is 7.03. The zero-order valence-electron chi connectivity index (χ0n) is 10.8. The van der Waals surface area contributed by atoms with Gasteiger partial charge in [-0.05, 0) is 29.1 Å². The average Bonchev–Trinajstić information content (AvgIpc) is 2.93. The Morgan fingerprint density at radius 1 is 1.38 bits per heavy atom. The number of aliphatic hydroxyl groups excluding tert-OH is 1. The maximum Gasteiger partial charge on any atom is 0.268 e. The number of aliphatic hydroxyl groups is 1. The van der Waals surface area contributed by atoms with E-state index in [4.69, 9.17) is 9.84 Å². The largest absolute Gasteiger partial charge is 0.486 e. The summed E-state index contributed by atoms with van der Waals surface area (Å²) in [6, 6.07) is 5.72. The van der Waals surface area contributed by atoms with Crippen LogP contribution in [0.3, 0.4) is 0 Å². The molecule has 0 amide bonds. The zero-order valence-corrected chi connectivity index (χ0v) is 11.6. The molecular formula is C14H11FN2O3S. The molecule has 0 radical (unpaired) electrons. The molecule has 2 aromatic heterocycles. The fourth-order valence-corrected chi connectivity index (χ4v) is 2.66. The van der Waals surface area contributed by atoms with Crippen molar-refractivity contribution in [3.8, 4) is 5.75 Å². The second-order valence-electron chi connectivity index (χ2n) is 4.39. The number of aromatic nitrogens is 2. The summed E-state index contributed by atoms with van der Waals surface area (Å²) >= 11 is 1.32. The summed E-state index contributed by atoms with van der Waals surface area (Å²) in [7, 11) is 0. The Bertz CT molecular complexity index is 844. The molecule has 7 heteroatoms. The number of benzene rings is 1. The van der Waals surface area contributed by atoms with Gasteiger partial charge in [0.15, 0.2) is 0 Å². The van der Waals surface area contributed by atoms with Crippen LogP contribution in [-0.2, 0) is 13.2 Å². The number of hydrogen-bond acceptors (Lipinski definition) is 5. The summed E-state index contributed by atoms with van der Waals surface area (Å²) in [5, 5.41) is 10.8. The van der Waals surface area contributed by atoms with Crippen LogP contribution in [0.1, 0.15) is 11.4 Å². The lowest BCUT2D eigenvalue weighted by Crippen LogP contribution is -2.12. The van der Waals surface area contributed by atoms with E-state index in [-0.39, 0.29) is 24.5 Å². The summed E-state index contributed by atoms with van der Waals surface area (Å²) < 4.78 is 19.3. The van der Waals surface area contributed by atoms with Gasteiger partial charge in [-0.2, -0.15) is 0 Å². The third-order valence-electron chi connectivity index (χ3n) is 2.85. The van der Waals surface area contributed by atoms with Crippen LogP contribution in [-0.4, -0.2) is 15.1 Å². The molecule has 2 N–H and O–H groups in total. The summed E-state index contributed by atoms with van der Waals surface area (Å²) in [6.45, 7) is -0.264. The highest BCUT2D eigenvalue weighted by atomic mass is 32.1. The van der Waals surface area contributed by atoms with Gasteiger partial charge >= 0.3 is 0 Å². The minimum Gasteiger partial charge on any atom is -0.486 e. The average molecular weight is 306 g/mol. The van der Waals surface area contributed by atoms with Crippen LogP contribution >= 0.6 is 11.3 Å². The van der Waals surface area contributed by atoms with Gasteiger partial charge in [-0.15, -0.1) is 11.3 Å². The number of nitrogens with one attached hydrogen (secondary N) is 1. The normalized spacial score (nSPS) is 11.0. The molecule has 0 aliphatic heterocycles. The maximum atomic E-state index is 13.3. The van der Waals surface area contributed by atoms with E-state index in [2.05, 4.69) is 9.97 Å².